The van der Waals surface area contributed by atoms with Crippen LogP contribution in [0.5, 0.6) is 5.75 Å². The number of pyridine rings is 1. The largest absolute Gasteiger partial charge is 0.477 e. The number of amides is 1. The third kappa shape index (κ3) is 4.06. The van der Waals surface area contributed by atoms with Gasteiger partial charge in [0, 0.05) is 25.2 Å². The molecule has 178 valence electrons. The summed E-state index contributed by atoms with van der Waals surface area (Å²) in [7, 11) is 0. The molecule has 2 aliphatic heterocycles. The Hall–Kier alpha value is -3.28. The first-order chi connectivity index (χ1) is 16.3. The molecule has 0 unspecified atom stereocenters. The quantitative estimate of drug-likeness (QED) is 0.656. The number of likely N-dealkylation sites (tertiary alicyclic amines) is 1. The number of benzene rings is 1. The van der Waals surface area contributed by atoms with Gasteiger partial charge in [-0.05, 0) is 74.9 Å². The highest BCUT2D eigenvalue weighted by Gasteiger charge is 2.50. The van der Waals surface area contributed by atoms with E-state index in [9.17, 15) is 18.0 Å². The lowest BCUT2D eigenvalue weighted by molar-refractivity contribution is -0.149. The standard InChI is InChI=1S/C25H25F3N4O2/c26-25(27,28)21-4-3-5-22(30-21)32-18-8-9-19(32)16-31(15-18)23(33)24(12-1-2-13-24)34-20-10-6-17(14-29)7-11-20/h3-7,10-11,18-19H,1-2,8-9,12-13,15-16H2/t18-,19+. The van der Waals surface area contributed by atoms with Gasteiger partial charge in [0.25, 0.3) is 5.91 Å². The van der Waals surface area contributed by atoms with Crippen LogP contribution in [0.4, 0.5) is 19.0 Å². The van der Waals surface area contributed by atoms with Crippen LogP contribution in [-0.4, -0.2) is 46.6 Å². The van der Waals surface area contributed by atoms with Crippen LogP contribution in [-0.2, 0) is 11.0 Å². The van der Waals surface area contributed by atoms with Crippen molar-refractivity contribution in [2.75, 3.05) is 18.0 Å². The van der Waals surface area contributed by atoms with E-state index in [4.69, 9.17) is 10.00 Å². The van der Waals surface area contributed by atoms with Crippen molar-refractivity contribution in [3.05, 3.63) is 53.7 Å². The number of halogens is 3. The topological polar surface area (TPSA) is 69.5 Å². The molecule has 9 heteroatoms. The van der Waals surface area contributed by atoms with Gasteiger partial charge in [0.1, 0.15) is 17.3 Å². The summed E-state index contributed by atoms with van der Waals surface area (Å²) in [6, 6.07) is 12.7. The molecule has 2 bridgehead atoms. The molecule has 0 radical (unpaired) electrons. The molecule has 5 rings (SSSR count). The second kappa shape index (κ2) is 8.49. The Bertz CT molecular complexity index is 1090. The van der Waals surface area contributed by atoms with Crippen LogP contribution in [0.1, 0.15) is 49.8 Å². The van der Waals surface area contributed by atoms with Crippen LogP contribution < -0.4 is 9.64 Å². The van der Waals surface area contributed by atoms with E-state index in [1.807, 2.05) is 9.80 Å². The number of hydrogen-bond donors (Lipinski definition) is 0. The molecule has 6 nitrogen and oxygen atoms in total. The number of alkyl halides is 3. The molecule has 2 atom stereocenters. The van der Waals surface area contributed by atoms with Crippen LogP contribution in [0, 0.1) is 11.3 Å². The van der Waals surface area contributed by atoms with Crippen molar-refractivity contribution < 1.29 is 22.7 Å². The zero-order valence-electron chi connectivity index (χ0n) is 18.6. The van der Waals surface area contributed by atoms with E-state index < -0.39 is 17.5 Å². The number of nitrogens with zero attached hydrogens (tertiary/aromatic N) is 4. The molecule has 2 aromatic rings. The lowest BCUT2D eigenvalue weighted by atomic mass is 9.98. The molecule has 1 aromatic heterocycles. The molecule has 1 saturated carbocycles. The lowest BCUT2D eigenvalue weighted by Gasteiger charge is -2.44. The Morgan fingerprint density at radius 1 is 1.06 bits per heavy atom. The van der Waals surface area contributed by atoms with Crippen LogP contribution in [0.25, 0.3) is 0 Å². The van der Waals surface area contributed by atoms with Gasteiger partial charge in [-0.1, -0.05) is 6.07 Å². The van der Waals surface area contributed by atoms with Crippen LogP contribution in [0.3, 0.4) is 0 Å². The summed E-state index contributed by atoms with van der Waals surface area (Å²) in [4.78, 5) is 21.4. The van der Waals surface area contributed by atoms with Crippen LogP contribution >= 0.6 is 0 Å². The number of aromatic nitrogens is 1. The highest BCUT2D eigenvalue weighted by atomic mass is 19.4. The fourth-order valence-electron chi connectivity index (χ4n) is 5.58. The number of anilines is 1. The number of nitriles is 1. The molecular formula is C25H25F3N4O2. The molecule has 3 aliphatic rings. The van der Waals surface area contributed by atoms with E-state index in [1.54, 1.807) is 30.3 Å². The zero-order valence-corrected chi connectivity index (χ0v) is 18.6. The fraction of sp³-hybridized carbons (Fsp3) is 0.480. The first-order valence-corrected chi connectivity index (χ1v) is 11.6. The summed E-state index contributed by atoms with van der Waals surface area (Å²) >= 11 is 0. The average molecular weight is 470 g/mol. The molecule has 34 heavy (non-hydrogen) atoms. The summed E-state index contributed by atoms with van der Waals surface area (Å²) in [5.41, 5.74) is -1.32. The molecule has 2 saturated heterocycles. The molecule has 1 amide bonds. The Balaban J connectivity index is 1.34. The number of carbonyl (C=O) groups is 1. The number of piperazine rings is 1. The van der Waals surface area contributed by atoms with Crippen molar-refractivity contribution >= 4 is 11.7 Å². The van der Waals surface area contributed by atoms with Gasteiger partial charge in [-0.2, -0.15) is 18.4 Å². The molecule has 1 aliphatic carbocycles. The number of rotatable bonds is 4. The first kappa shape index (κ1) is 22.5. The molecule has 1 aromatic carbocycles. The van der Waals surface area contributed by atoms with E-state index in [1.165, 1.54) is 6.07 Å². The third-order valence-electron chi connectivity index (χ3n) is 7.16. The number of fused-ring (bicyclic) bond motifs is 2. The second-order valence-corrected chi connectivity index (χ2v) is 9.32. The minimum Gasteiger partial charge on any atom is -0.477 e. The second-order valence-electron chi connectivity index (χ2n) is 9.32. The van der Waals surface area contributed by atoms with Gasteiger partial charge < -0.3 is 14.5 Å². The predicted molar refractivity (Wildman–Crippen MR) is 118 cm³/mol. The molecule has 0 spiro atoms. The Kier molecular flexibility index (Phi) is 5.62. The van der Waals surface area contributed by atoms with E-state index in [0.29, 0.717) is 43.1 Å². The van der Waals surface area contributed by atoms with Crippen molar-refractivity contribution in [3.8, 4) is 11.8 Å². The van der Waals surface area contributed by atoms with Crippen molar-refractivity contribution in [1.82, 2.24) is 9.88 Å². The Morgan fingerprint density at radius 2 is 1.71 bits per heavy atom. The average Bonchev–Trinajstić information content (AvgIpc) is 3.41. The lowest BCUT2D eigenvalue weighted by Crippen LogP contribution is -2.61. The normalized spacial score (nSPS) is 23.6. The van der Waals surface area contributed by atoms with Gasteiger partial charge >= 0.3 is 6.18 Å². The van der Waals surface area contributed by atoms with E-state index in [0.717, 1.165) is 31.7 Å². The number of carbonyl (C=O) groups excluding carboxylic acids is 1. The van der Waals surface area contributed by atoms with E-state index in [2.05, 4.69) is 11.1 Å². The fourth-order valence-corrected chi connectivity index (χ4v) is 5.58. The highest BCUT2D eigenvalue weighted by Crippen LogP contribution is 2.40. The van der Waals surface area contributed by atoms with Crippen molar-refractivity contribution in [1.29, 1.82) is 5.26 Å². The maximum absolute atomic E-state index is 13.8. The predicted octanol–water partition coefficient (Wildman–Crippen LogP) is 4.54. The van der Waals surface area contributed by atoms with E-state index in [-0.39, 0.29) is 18.0 Å². The minimum absolute atomic E-state index is 0.0529. The number of hydrogen-bond acceptors (Lipinski definition) is 5. The Morgan fingerprint density at radius 3 is 2.29 bits per heavy atom. The van der Waals surface area contributed by atoms with Gasteiger partial charge in [0.15, 0.2) is 5.60 Å². The van der Waals surface area contributed by atoms with Gasteiger partial charge in [0.2, 0.25) is 0 Å². The summed E-state index contributed by atoms with van der Waals surface area (Å²) < 4.78 is 45.8. The maximum Gasteiger partial charge on any atom is 0.433 e. The SMILES string of the molecule is N#Cc1ccc(OC2(C(=O)N3C[C@H]4CC[C@@H](C3)N4c3cccc(C(F)(F)F)n3)CCCC2)cc1. The van der Waals surface area contributed by atoms with Crippen LogP contribution in [0.2, 0.25) is 0 Å². The minimum atomic E-state index is -4.50. The van der Waals surface area contributed by atoms with Crippen molar-refractivity contribution in [3.63, 3.8) is 0 Å². The smallest absolute Gasteiger partial charge is 0.433 e. The molecule has 3 fully saturated rings. The monoisotopic (exact) mass is 470 g/mol. The highest BCUT2D eigenvalue weighted by molar-refractivity contribution is 5.86. The molecule has 3 heterocycles. The van der Waals surface area contributed by atoms with Crippen molar-refractivity contribution in [2.24, 2.45) is 0 Å². The van der Waals surface area contributed by atoms with E-state index >= 15 is 0 Å². The van der Waals surface area contributed by atoms with Gasteiger partial charge in [0.05, 0.1) is 11.6 Å². The number of ether oxygens (including phenoxy) is 1. The summed E-state index contributed by atoms with van der Waals surface area (Å²) in [5.74, 6) is 0.825. The molecule has 0 N–H and O–H groups in total. The summed E-state index contributed by atoms with van der Waals surface area (Å²) in [6.45, 7) is 0.872. The Labute approximate surface area is 195 Å². The summed E-state index contributed by atoms with van der Waals surface area (Å²) in [6.07, 6.45) is 0.134. The van der Waals surface area contributed by atoms with Crippen LogP contribution in [0.15, 0.2) is 42.5 Å². The van der Waals surface area contributed by atoms with Crippen molar-refractivity contribution in [2.45, 2.75) is 62.4 Å². The zero-order chi connectivity index (χ0) is 23.9. The maximum atomic E-state index is 13.8. The van der Waals surface area contributed by atoms with Gasteiger partial charge in [-0.15, -0.1) is 0 Å². The van der Waals surface area contributed by atoms with Gasteiger partial charge in [-0.3, -0.25) is 4.79 Å². The summed E-state index contributed by atoms with van der Waals surface area (Å²) in [5, 5.41) is 9.02. The molecular weight excluding hydrogens is 445 g/mol. The van der Waals surface area contributed by atoms with Gasteiger partial charge in [-0.25, -0.2) is 4.98 Å². The third-order valence-corrected chi connectivity index (χ3v) is 7.16. The first-order valence-electron chi connectivity index (χ1n) is 11.6.